The number of carbonyl (C=O) groups is 1. The second kappa shape index (κ2) is 6.62. The minimum absolute atomic E-state index is 0.255. The van der Waals surface area contributed by atoms with E-state index >= 15 is 0 Å². The molecule has 2 bridgehead atoms. The number of esters is 1. The summed E-state index contributed by atoms with van der Waals surface area (Å²) < 4.78 is 6.21. The average molecular weight is 452 g/mol. The molecule has 0 radical (unpaired) electrons. The Kier molecular flexibility index (Phi) is 4.13. The Balaban J connectivity index is 1.54. The van der Waals surface area contributed by atoms with E-state index in [1.807, 2.05) is 37.3 Å². The summed E-state index contributed by atoms with van der Waals surface area (Å²) in [6, 6.07) is 13.9. The van der Waals surface area contributed by atoms with Gasteiger partial charge < -0.3 is 4.74 Å². The van der Waals surface area contributed by atoms with Gasteiger partial charge >= 0.3 is 5.97 Å². The van der Waals surface area contributed by atoms with Crippen molar-refractivity contribution >= 4 is 27.9 Å². The Labute approximate surface area is 199 Å². The first-order valence-electron chi connectivity index (χ1n) is 12.0. The molecule has 2 aromatic heterocycles. The van der Waals surface area contributed by atoms with Gasteiger partial charge in [0.25, 0.3) is 0 Å². The summed E-state index contributed by atoms with van der Waals surface area (Å²) in [7, 11) is 0. The van der Waals surface area contributed by atoms with Crippen LogP contribution in [0, 0.1) is 26.2 Å². The number of rotatable bonds is 2. The molecule has 2 aromatic carbocycles. The maximum absolute atomic E-state index is 14.2. The topological polar surface area (TPSA) is 65.0 Å². The summed E-state index contributed by atoms with van der Waals surface area (Å²) in [6.45, 7) is 12.7. The third-order valence-corrected chi connectivity index (χ3v) is 9.03. The number of benzene rings is 2. The molecule has 0 saturated heterocycles. The Morgan fingerprint density at radius 1 is 0.853 bits per heavy atom. The van der Waals surface area contributed by atoms with Crippen LogP contribution in [0.15, 0.2) is 42.5 Å². The number of fused-ring (bicyclic) bond motifs is 7. The van der Waals surface area contributed by atoms with Gasteiger partial charge in [0, 0.05) is 16.5 Å². The Morgan fingerprint density at radius 2 is 1.53 bits per heavy atom. The van der Waals surface area contributed by atoms with Gasteiger partial charge in [0.1, 0.15) is 10.9 Å². The molecule has 34 heavy (non-hydrogen) atoms. The van der Waals surface area contributed by atoms with E-state index in [4.69, 9.17) is 14.7 Å². The monoisotopic (exact) mass is 451 g/mol. The molecule has 0 spiro atoms. The van der Waals surface area contributed by atoms with Crippen LogP contribution in [-0.4, -0.2) is 20.9 Å². The molecule has 2 unspecified atom stereocenters. The van der Waals surface area contributed by atoms with E-state index in [0.717, 1.165) is 39.9 Å². The molecule has 1 fully saturated rings. The first-order valence-corrected chi connectivity index (χ1v) is 12.0. The molecule has 4 aromatic rings. The zero-order chi connectivity index (χ0) is 24.0. The van der Waals surface area contributed by atoms with Gasteiger partial charge in [-0.2, -0.15) is 0 Å². The first kappa shape index (κ1) is 21.2. The number of para-hydroxylation sites is 1. The molecule has 2 heterocycles. The lowest BCUT2D eigenvalue weighted by molar-refractivity contribution is -0.145. The fourth-order valence-electron chi connectivity index (χ4n) is 6.30. The molecular weight excluding hydrogens is 422 g/mol. The van der Waals surface area contributed by atoms with E-state index in [0.29, 0.717) is 17.7 Å². The van der Waals surface area contributed by atoms with Crippen molar-refractivity contribution in [3.63, 3.8) is 0 Å². The number of pyridine rings is 1. The second-order valence-electron chi connectivity index (χ2n) is 10.9. The molecule has 172 valence electrons. The minimum atomic E-state index is -0.858. The molecule has 6 rings (SSSR count). The predicted molar refractivity (Wildman–Crippen MR) is 133 cm³/mol. The number of aryl methyl sites for hydroxylation is 3. The number of hydrogen-bond donors (Lipinski definition) is 0. The summed E-state index contributed by atoms with van der Waals surface area (Å²) in [5.41, 5.74) is 5.92. The number of hydrogen-bond acceptors (Lipinski definition) is 5. The molecule has 1 saturated carbocycles. The van der Waals surface area contributed by atoms with Crippen molar-refractivity contribution in [2.75, 3.05) is 0 Å². The highest BCUT2D eigenvalue weighted by molar-refractivity contribution is 5.93. The van der Waals surface area contributed by atoms with Crippen molar-refractivity contribution in [3.05, 3.63) is 70.7 Å². The lowest BCUT2D eigenvalue weighted by Gasteiger charge is -2.38. The molecule has 5 nitrogen and oxygen atoms in total. The van der Waals surface area contributed by atoms with Crippen LogP contribution < -0.4 is 4.74 Å². The Bertz CT molecular complexity index is 1540. The van der Waals surface area contributed by atoms with Gasteiger partial charge in [0.05, 0.1) is 22.4 Å². The van der Waals surface area contributed by atoms with E-state index in [1.165, 1.54) is 11.1 Å². The van der Waals surface area contributed by atoms with Gasteiger partial charge in [-0.1, -0.05) is 39.0 Å². The lowest BCUT2D eigenvalue weighted by atomic mass is 9.64. The van der Waals surface area contributed by atoms with Crippen molar-refractivity contribution in [2.45, 2.75) is 65.2 Å². The molecule has 0 amide bonds. The molecular formula is C29H29N3O2. The second-order valence-corrected chi connectivity index (χ2v) is 10.9. The number of aromatic nitrogens is 3. The SMILES string of the molecule is Cc1ccc2cccc(OC(=O)C34CCC(C)(c5nc6cc(C)c(C)cc6nc53)C4(C)C)c2n1. The molecule has 2 aliphatic carbocycles. The molecule has 0 N–H and O–H groups in total. The van der Waals surface area contributed by atoms with Crippen molar-refractivity contribution in [3.8, 4) is 5.75 Å². The van der Waals surface area contributed by atoms with Crippen LogP contribution >= 0.6 is 0 Å². The van der Waals surface area contributed by atoms with Crippen LogP contribution in [0.2, 0.25) is 0 Å². The highest BCUT2D eigenvalue weighted by Gasteiger charge is 2.74. The molecule has 5 heteroatoms. The largest absolute Gasteiger partial charge is 0.423 e. The third-order valence-electron chi connectivity index (χ3n) is 9.03. The summed E-state index contributed by atoms with van der Waals surface area (Å²) in [5.74, 6) is 0.243. The minimum Gasteiger partial charge on any atom is -0.423 e. The van der Waals surface area contributed by atoms with Crippen molar-refractivity contribution in [1.82, 2.24) is 15.0 Å². The fraction of sp³-hybridized carbons (Fsp3) is 0.379. The van der Waals surface area contributed by atoms with Gasteiger partial charge in [-0.3, -0.25) is 4.79 Å². The molecule has 0 aliphatic heterocycles. The van der Waals surface area contributed by atoms with Crippen LogP contribution in [0.5, 0.6) is 5.75 Å². The maximum Gasteiger partial charge on any atom is 0.324 e. The van der Waals surface area contributed by atoms with Crippen LogP contribution in [0.3, 0.4) is 0 Å². The summed E-state index contributed by atoms with van der Waals surface area (Å²) in [6.07, 6.45) is 1.57. The van der Waals surface area contributed by atoms with Crippen LogP contribution in [-0.2, 0) is 15.6 Å². The van der Waals surface area contributed by atoms with Crippen LogP contribution in [0.25, 0.3) is 21.9 Å². The average Bonchev–Trinajstić information content (AvgIpc) is 3.09. The Morgan fingerprint density at radius 3 is 2.24 bits per heavy atom. The fourth-order valence-corrected chi connectivity index (χ4v) is 6.30. The number of nitrogens with zero attached hydrogens (tertiary/aromatic N) is 3. The van der Waals surface area contributed by atoms with E-state index in [9.17, 15) is 4.79 Å². The van der Waals surface area contributed by atoms with E-state index < -0.39 is 10.8 Å². The summed E-state index contributed by atoms with van der Waals surface area (Å²) >= 11 is 0. The zero-order valence-corrected chi connectivity index (χ0v) is 20.6. The standard InChI is InChI=1S/C29H29N3O2/c1-16-14-20-21(15-17(16)2)32-25-24(31-20)28(6)12-13-29(25,27(28,4)5)26(33)34-22-9-7-8-19-11-10-18(3)30-23(19)22/h7-11,14-15H,12-13H2,1-6H3. The maximum atomic E-state index is 14.2. The van der Waals surface area contributed by atoms with Crippen LogP contribution in [0.4, 0.5) is 0 Å². The molecule has 2 atom stereocenters. The van der Waals surface area contributed by atoms with Crippen molar-refractivity contribution in [2.24, 2.45) is 5.41 Å². The lowest BCUT2D eigenvalue weighted by Crippen LogP contribution is -2.48. The van der Waals surface area contributed by atoms with Gasteiger partial charge in [-0.15, -0.1) is 0 Å². The normalized spacial score (nSPS) is 24.5. The van der Waals surface area contributed by atoms with Crippen LogP contribution in [0.1, 0.15) is 61.8 Å². The molecule has 2 aliphatic rings. The van der Waals surface area contributed by atoms with Gasteiger partial charge in [-0.25, -0.2) is 15.0 Å². The predicted octanol–water partition coefficient (Wildman–Crippen LogP) is 6.04. The zero-order valence-electron chi connectivity index (χ0n) is 20.6. The highest BCUT2D eigenvalue weighted by atomic mass is 16.5. The van der Waals surface area contributed by atoms with E-state index in [2.05, 4.69) is 51.7 Å². The quantitative estimate of drug-likeness (QED) is 0.275. The number of ether oxygens (including phenoxy) is 1. The smallest absolute Gasteiger partial charge is 0.324 e. The van der Waals surface area contributed by atoms with Gasteiger partial charge in [-0.05, 0) is 74.4 Å². The van der Waals surface area contributed by atoms with E-state index in [-0.39, 0.29) is 11.4 Å². The summed E-state index contributed by atoms with van der Waals surface area (Å²) in [4.78, 5) is 29.1. The van der Waals surface area contributed by atoms with Crippen molar-refractivity contribution < 1.29 is 9.53 Å². The van der Waals surface area contributed by atoms with E-state index in [1.54, 1.807) is 0 Å². The van der Waals surface area contributed by atoms with Gasteiger partial charge in [0.15, 0.2) is 5.75 Å². The number of carbonyl (C=O) groups excluding carboxylic acids is 1. The summed E-state index contributed by atoms with van der Waals surface area (Å²) in [5, 5.41) is 0.951. The van der Waals surface area contributed by atoms with Gasteiger partial charge in [0.2, 0.25) is 0 Å². The van der Waals surface area contributed by atoms with Crippen molar-refractivity contribution in [1.29, 1.82) is 0 Å². The third kappa shape index (κ3) is 2.45. The first-order chi connectivity index (χ1) is 16.1. The highest BCUT2D eigenvalue weighted by Crippen LogP contribution is 2.70. The Hall–Kier alpha value is -3.34.